The minimum Gasteiger partial charge on any atom is -0.320 e. The summed E-state index contributed by atoms with van der Waals surface area (Å²) in [6, 6.07) is -0.569. The molecule has 0 aliphatic carbocycles. The molecule has 0 aromatic carbocycles. The van der Waals surface area contributed by atoms with Crippen LogP contribution in [0, 0.1) is 0 Å². The van der Waals surface area contributed by atoms with Crippen molar-refractivity contribution in [3.05, 3.63) is 0 Å². The highest BCUT2D eigenvalue weighted by Crippen LogP contribution is 1.81. The van der Waals surface area contributed by atoms with E-state index in [1.807, 2.05) is 0 Å². The van der Waals surface area contributed by atoms with Crippen molar-refractivity contribution in [2.75, 3.05) is 0 Å². The predicted octanol–water partition coefficient (Wildman–Crippen LogP) is -0.467. The van der Waals surface area contributed by atoms with Crippen LogP contribution >= 0.6 is 0 Å². The zero-order valence-electron chi connectivity index (χ0n) is 4.27. The monoisotopic (exact) mass is 101 g/mol. The van der Waals surface area contributed by atoms with E-state index in [1.165, 1.54) is 0 Å². The van der Waals surface area contributed by atoms with Crippen LogP contribution in [0.4, 0.5) is 0 Å². The fourth-order valence-corrected chi connectivity index (χ4v) is 0.185. The lowest BCUT2D eigenvalue weighted by atomic mass is 10.2. The van der Waals surface area contributed by atoms with Crippen LogP contribution in [0.15, 0.2) is 0 Å². The van der Waals surface area contributed by atoms with E-state index in [9.17, 15) is 4.79 Å². The molecule has 0 rings (SSSR count). The van der Waals surface area contributed by atoms with Crippen LogP contribution in [0.25, 0.3) is 0 Å². The third-order valence-corrected chi connectivity index (χ3v) is 0.777. The quantitative estimate of drug-likeness (QED) is 0.511. The fraction of sp³-hybridized carbons (Fsp3) is 0.750. The predicted molar refractivity (Wildman–Crippen MR) is 26.4 cm³/mol. The molecule has 0 fully saturated rings. The zero-order chi connectivity index (χ0) is 5.86. The summed E-state index contributed by atoms with van der Waals surface area (Å²) in [5, 5.41) is 0. The van der Waals surface area contributed by atoms with Gasteiger partial charge in [0.05, 0.1) is 6.04 Å². The summed E-state index contributed by atoms with van der Waals surface area (Å²) < 4.78 is 0. The van der Waals surface area contributed by atoms with Crippen molar-refractivity contribution in [2.45, 2.75) is 19.4 Å². The second kappa shape index (κ2) is 2.58. The average Bonchev–Trinajstić information content (AvgIpc) is 1.65. The highest BCUT2D eigenvalue weighted by molar-refractivity contribution is 5.78. The summed E-state index contributed by atoms with van der Waals surface area (Å²) in [6.45, 7) is 1.77. The van der Waals surface area contributed by atoms with Crippen LogP contribution in [0.2, 0.25) is 0 Å². The van der Waals surface area contributed by atoms with E-state index in [-0.39, 0.29) is 0 Å². The van der Waals surface area contributed by atoms with Gasteiger partial charge in [-0.1, -0.05) is 6.92 Å². The number of nitrogens with one attached hydrogen (secondary N) is 1. The summed E-state index contributed by atoms with van der Waals surface area (Å²) in [4.78, 5) is 9.92. The molecule has 3 heteroatoms. The third kappa shape index (κ3) is 2.17. The number of carbonyl (C=O) groups is 1. The molecular weight excluding hydrogens is 92.1 g/mol. The average molecular weight is 101 g/mol. The van der Waals surface area contributed by atoms with Crippen LogP contribution in [0.5, 0.6) is 0 Å². The zero-order valence-corrected chi connectivity index (χ0v) is 4.27. The van der Waals surface area contributed by atoms with Gasteiger partial charge in [0.25, 0.3) is 5.91 Å². The van der Waals surface area contributed by atoms with E-state index in [0.29, 0.717) is 6.42 Å². The Kier molecular flexibility index (Phi) is 2.37. The Morgan fingerprint density at radius 3 is 2.43 bits per heavy atom. The van der Waals surface area contributed by atoms with Crippen molar-refractivity contribution < 1.29 is 4.79 Å². The van der Waals surface area contributed by atoms with E-state index in [2.05, 4.69) is 0 Å². The van der Waals surface area contributed by atoms with Crippen LogP contribution in [0.1, 0.15) is 13.3 Å². The smallest absolute Gasteiger partial charge is 0.255 e. The minimum absolute atomic E-state index is 0.558. The maximum atomic E-state index is 9.92. The number of nitrogens with two attached hydrogens (primary N) is 1. The second-order valence-electron chi connectivity index (χ2n) is 1.38. The van der Waals surface area contributed by atoms with Crippen molar-refractivity contribution in [1.29, 1.82) is 0 Å². The molecule has 0 heterocycles. The van der Waals surface area contributed by atoms with Crippen LogP contribution in [-0.2, 0) is 4.79 Å². The summed E-state index contributed by atoms with van der Waals surface area (Å²) in [6.07, 6.45) is 0.558. The standard InChI is InChI=1S/C4H9N2O/c1-2-3(5)4(6)7/h3,6H,2,5H2,1H3. The third-order valence-electron chi connectivity index (χ3n) is 0.777. The molecule has 0 spiro atoms. The SMILES string of the molecule is CCC(N)C([NH])=O. The fourth-order valence-electron chi connectivity index (χ4n) is 0.185. The van der Waals surface area contributed by atoms with Crippen LogP contribution in [0.3, 0.4) is 0 Å². The lowest BCUT2D eigenvalue weighted by Crippen LogP contribution is -2.29. The number of amides is 1. The molecule has 0 aliphatic rings. The first-order valence-corrected chi connectivity index (χ1v) is 2.19. The maximum absolute atomic E-state index is 9.92. The topological polar surface area (TPSA) is 66.9 Å². The van der Waals surface area contributed by atoms with Crippen LogP contribution < -0.4 is 11.5 Å². The molecule has 41 valence electrons. The minimum atomic E-state index is -0.678. The largest absolute Gasteiger partial charge is 0.320 e. The number of rotatable bonds is 2. The second-order valence-corrected chi connectivity index (χ2v) is 1.38. The molecule has 0 aromatic heterocycles. The molecule has 0 aromatic rings. The summed E-state index contributed by atoms with van der Waals surface area (Å²) in [7, 11) is 0. The normalized spacial score (nSPS) is 13.4. The summed E-state index contributed by atoms with van der Waals surface area (Å²) >= 11 is 0. The summed E-state index contributed by atoms with van der Waals surface area (Å²) in [5.74, 6) is -0.678. The van der Waals surface area contributed by atoms with Crippen molar-refractivity contribution in [1.82, 2.24) is 5.73 Å². The van der Waals surface area contributed by atoms with Gasteiger partial charge >= 0.3 is 0 Å². The Morgan fingerprint density at radius 1 is 2.00 bits per heavy atom. The maximum Gasteiger partial charge on any atom is 0.255 e. The number of hydrogen-bond donors (Lipinski definition) is 1. The molecule has 1 atom stereocenters. The Hall–Kier alpha value is -0.570. The van der Waals surface area contributed by atoms with Crippen molar-refractivity contribution in [3.8, 4) is 0 Å². The molecule has 3 N–H and O–H groups in total. The van der Waals surface area contributed by atoms with E-state index in [1.54, 1.807) is 6.92 Å². The first-order chi connectivity index (χ1) is 3.18. The molecule has 1 radical (unpaired) electrons. The molecule has 3 nitrogen and oxygen atoms in total. The highest BCUT2D eigenvalue weighted by atomic mass is 16.1. The van der Waals surface area contributed by atoms with Crippen molar-refractivity contribution >= 4 is 5.91 Å². The van der Waals surface area contributed by atoms with Gasteiger partial charge in [-0.05, 0) is 6.42 Å². The highest BCUT2D eigenvalue weighted by Gasteiger charge is 2.03. The first kappa shape index (κ1) is 6.43. The number of hydrogen-bond acceptors (Lipinski definition) is 2. The van der Waals surface area contributed by atoms with E-state index < -0.39 is 11.9 Å². The molecular formula is C4H9N2O. The van der Waals surface area contributed by atoms with Gasteiger partial charge in [0, 0.05) is 0 Å². The van der Waals surface area contributed by atoms with Crippen molar-refractivity contribution in [2.24, 2.45) is 5.73 Å². The molecule has 0 saturated carbocycles. The Labute approximate surface area is 42.7 Å². The van der Waals surface area contributed by atoms with Gasteiger partial charge in [-0.25, -0.2) is 0 Å². The van der Waals surface area contributed by atoms with Gasteiger partial charge in [0.2, 0.25) is 0 Å². The Bertz CT molecular complexity index is 72.1. The van der Waals surface area contributed by atoms with Crippen molar-refractivity contribution in [3.63, 3.8) is 0 Å². The van der Waals surface area contributed by atoms with Gasteiger partial charge in [-0.15, -0.1) is 0 Å². The lowest BCUT2D eigenvalue weighted by Gasteiger charge is -1.97. The van der Waals surface area contributed by atoms with Gasteiger partial charge in [0.1, 0.15) is 0 Å². The summed E-state index contributed by atoms with van der Waals surface area (Å²) in [5.41, 5.74) is 11.5. The molecule has 0 saturated heterocycles. The first-order valence-electron chi connectivity index (χ1n) is 2.19. The van der Waals surface area contributed by atoms with Gasteiger partial charge in [-0.2, -0.15) is 0 Å². The molecule has 1 unspecified atom stereocenters. The lowest BCUT2D eigenvalue weighted by molar-refractivity contribution is -0.119. The van der Waals surface area contributed by atoms with Crippen LogP contribution in [-0.4, -0.2) is 11.9 Å². The van der Waals surface area contributed by atoms with Gasteiger partial charge in [-0.3, -0.25) is 10.5 Å². The Morgan fingerprint density at radius 2 is 2.43 bits per heavy atom. The molecule has 0 aliphatic heterocycles. The van der Waals surface area contributed by atoms with Gasteiger partial charge < -0.3 is 5.73 Å². The molecule has 1 amide bonds. The van der Waals surface area contributed by atoms with E-state index in [4.69, 9.17) is 11.5 Å². The van der Waals surface area contributed by atoms with E-state index in [0.717, 1.165) is 0 Å². The number of carbonyl (C=O) groups excluding carboxylic acids is 1. The molecule has 0 bridgehead atoms. The Balaban J connectivity index is 3.34. The van der Waals surface area contributed by atoms with E-state index >= 15 is 0 Å². The van der Waals surface area contributed by atoms with Gasteiger partial charge in [0.15, 0.2) is 0 Å². The molecule has 7 heavy (non-hydrogen) atoms.